The van der Waals surface area contributed by atoms with Gasteiger partial charge in [0.05, 0.1) is 0 Å². The van der Waals surface area contributed by atoms with Crippen molar-refractivity contribution < 1.29 is 30.4 Å². The smallest absolute Gasteiger partial charge is 0.378 e. The first-order chi connectivity index (χ1) is 20.7. The number of nitrogens with zero attached hydrogens (tertiary/aromatic N) is 3. The van der Waals surface area contributed by atoms with Gasteiger partial charge in [-0.2, -0.15) is 0 Å². The average Bonchev–Trinajstić information content (AvgIpc) is 3.00. The van der Waals surface area contributed by atoms with Crippen molar-refractivity contribution in [3.8, 4) is 0 Å². The molecular weight excluding hydrogens is 599 g/mol. The van der Waals surface area contributed by atoms with E-state index in [-0.39, 0.29) is 0 Å². The lowest BCUT2D eigenvalue weighted by Crippen LogP contribution is -2.64. The van der Waals surface area contributed by atoms with Crippen LogP contribution in [-0.4, -0.2) is 134 Å². The summed E-state index contributed by atoms with van der Waals surface area (Å²) in [6, 6.07) is 2.07. The van der Waals surface area contributed by atoms with E-state index in [0.717, 1.165) is 78.2 Å². The van der Waals surface area contributed by atoms with Gasteiger partial charge in [0.1, 0.15) is 0 Å². The Morgan fingerprint density at radius 2 is 0.651 bits per heavy atom. The van der Waals surface area contributed by atoms with Crippen molar-refractivity contribution in [1.29, 1.82) is 0 Å². The van der Waals surface area contributed by atoms with Gasteiger partial charge in [-0.1, -0.05) is 41.5 Å². The number of hydrogen-bond donors (Lipinski definition) is 0. The van der Waals surface area contributed by atoms with E-state index in [4.69, 9.17) is 30.4 Å². The van der Waals surface area contributed by atoms with E-state index in [1.165, 1.54) is 0 Å². The molecule has 0 aromatic rings. The predicted octanol–water partition coefficient (Wildman–Crippen LogP) is 5.82. The van der Waals surface area contributed by atoms with Gasteiger partial charge in [-0.3, -0.25) is 0 Å². The second-order valence-corrected chi connectivity index (χ2v) is 19.4. The van der Waals surface area contributed by atoms with Gasteiger partial charge in [-0.05, 0) is 106 Å². The molecule has 0 atom stereocenters. The summed E-state index contributed by atoms with van der Waals surface area (Å²) in [4.78, 5) is 7.28. The van der Waals surface area contributed by atoms with Gasteiger partial charge in [0.2, 0.25) is 0 Å². The van der Waals surface area contributed by atoms with Gasteiger partial charge in [0.25, 0.3) is 0 Å². The van der Waals surface area contributed by atoms with Crippen LogP contribution in [0.15, 0.2) is 0 Å². The second kappa shape index (κ2) is 25.4. The molecular formula is C30H71N3O7Si3. The standard InChI is InChI=1S/C30H71N3O7Si3/c1-12-31(13-2)25-22-28-41(34-11,39-42(35-18-7,36-19-8)29-23-26-32(14-3)15-4)40-43(37-20-9,38-21-10)30-24-27-33(16-5)17-6/h12-30H2,1-11H3. The molecule has 0 saturated heterocycles. The highest BCUT2D eigenvalue weighted by atomic mass is 28.5. The first-order valence-corrected chi connectivity index (χ1v) is 23.2. The first-order valence-electron chi connectivity index (χ1n) is 17.4. The van der Waals surface area contributed by atoms with E-state index in [0.29, 0.717) is 44.6 Å². The molecule has 0 aliphatic rings. The highest BCUT2D eigenvalue weighted by molar-refractivity contribution is 6.81. The Bertz CT molecular complexity index is 594. The van der Waals surface area contributed by atoms with Crippen LogP contribution in [0.3, 0.4) is 0 Å². The highest BCUT2D eigenvalue weighted by Gasteiger charge is 2.58. The lowest BCUT2D eigenvalue weighted by Gasteiger charge is -2.42. The van der Waals surface area contributed by atoms with Gasteiger partial charge >= 0.3 is 26.4 Å². The third-order valence-electron chi connectivity index (χ3n) is 7.95. The van der Waals surface area contributed by atoms with Gasteiger partial charge in [-0.15, -0.1) is 0 Å². The molecule has 0 saturated carbocycles. The fourth-order valence-corrected chi connectivity index (χ4v) is 17.5. The van der Waals surface area contributed by atoms with Gasteiger partial charge in [0.15, 0.2) is 0 Å². The Hall–Kier alpha value is 0.251. The van der Waals surface area contributed by atoms with Crippen molar-refractivity contribution in [2.45, 2.75) is 107 Å². The Morgan fingerprint density at radius 1 is 0.395 bits per heavy atom. The maximum absolute atomic E-state index is 7.19. The minimum absolute atomic E-state index is 0.508. The van der Waals surface area contributed by atoms with Crippen molar-refractivity contribution in [3.05, 3.63) is 0 Å². The molecule has 0 aromatic carbocycles. The van der Waals surface area contributed by atoms with E-state index < -0.39 is 26.4 Å². The van der Waals surface area contributed by atoms with E-state index in [1.54, 1.807) is 7.11 Å². The molecule has 13 heteroatoms. The van der Waals surface area contributed by atoms with Crippen molar-refractivity contribution in [2.24, 2.45) is 0 Å². The molecule has 0 N–H and O–H groups in total. The van der Waals surface area contributed by atoms with Crippen LogP contribution in [0.5, 0.6) is 0 Å². The third-order valence-corrected chi connectivity index (χ3v) is 19.4. The van der Waals surface area contributed by atoms with Crippen LogP contribution < -0.4 is 0 Å². The fraction of sp³-hybridized carbons (Fsp3) is 1.00. The topological polar surface area (TPSA) is 74.3 Å². The van der Waals surface area contributed by atoms with E-state index in [9.17, 15) is 0 Å². The SMILES string of the molecule is CCO[Si](CCCN(CC)CC)(OCC)O[Si](CCCN(CC)CC)(OC)O[Si](CCCN(CC)CC)(OCC)OCC. The summed E-state index contributed by atoms with van der Waals surface area (Å²) in [5.74, 6) is 0. The van der Waals surface area contributed by atoms with E-state index in [1.807, 2.05) is 27.7 Å². The minimum Gasteiger partial charge on any atom is -0.378 e. The molecule has 43 heavy (non-hydrogen) atoms. The van der Waals surface area contributed by atoms with Crippen LogP contribution in [0, 0.1) is 0 Å². The van der Waals surface area contributed by atoms with Crippen LogP contribution in [0.4, 0.5) is 0 Å². The molecule has 0 aromatic heterocycles. The van der Waals surface area contributed by atoms with Crippen molar-refractivity contribution in [2.75, 3.05) is 92.4 Å². The maximum Gasteiger partial charge on any atom is 0.493 e. The van der Waals surface area contributed by atoms with Crippen molar-refractivity contribution >= 4 is 26.4 Å². The van der Waals surface area contributed by atoms with Crippen molar-refractivity contribution in [3.63, 3.8) is 0 Å². The van der Waals surface area contributed by atoms with Gasteiger partial charge in [-0.25, -0.2) is 0 Å². The summed E-state index contributed by atoms with van der Waals surface area (Å²) in [6.45, 7) is 32.3. The molecule has 0 radical (unpaired) electrons. The number of rotatable bonds is 31. The molecule has 0 rings (SSSR count). The molecule has 0 fully saturated rings. The summed E-state index contributed by atoms with van der Waals surface area (Å²) < 4.78 is 46.8. The lowest BCUT2D eigenvalue weighted by molar-refractivity contribution is 0.0445. The Labute approximate surface area is 270 Å². The van der Waals surface area contributed by atoms with Crippen LogP contribution in [0.1, 0.15) is 88.5 Å². The summed E-state index contributed by atoms with van der Waals surface area (Å²) in [6.07, 6.45) is 2.72. The van der Waals surface area contributed by atoms with Gasteiger partial charge in [0, 0.05) is 51.7 Å². The largest absolute Gasteiger partial charge is 0.493 e. The summed E-state index contributed by atoms with van der Waals surface area (Å²) in [5.41, 5.74) is 0. The second-order valence-electron chi connectivity index (χ2n) is 10.6. The molecule has 0 bridgehead atoms. The Balaban J connectivity index is 6.56. The van der Waals surface area contributed by atoms with E-state index in [2.05, 4.69) is 56.2 Å². The molecule has 0 unspecified atom stereocenters. The predicted molar refractivity (Wildman–Crippen MR) is 185 cm³/mol. The molecule has 0 aliphatic carbocycles. The molecule has 260 valence electrons. The monoisotopic (exact) mass is 669 g/mol. The Kier molecular flexibility index (Phi) is 25.5. The summed E-state index contributed by atoms with van der Waals surface area (Å²) >= 11 is 0. The molecule has 0 spiro atoms. The first kappa shape index (κ1) is 43.3. The normalized spacial score (nSPS) is 13.3. The maximum atomic E-state index is 7.19. The number of hydrogen-bond acceptors (Lipinski definition) is 10. The molecule has 10 nitrogen and oxygen atoms in total. The zero-order valence-corrected chi connectivity index (χ0v) is 33.1. The molecule has 0 amide bonds. The fourth-order valence-electron chi connectivity index (χ4n) is 5.43. The quantitative estimate of drug-likeness (QED) is 0.0843. The lowest BCUT2D eigenvalue weighted by atomic mass is 10.4. The average molecular weight is 670 g/mol. The summed E-state index contributed by atoms with van der Waals surface area (Å²) in [5, 5.41) is 0. The van der Waals surface area contributed by atoms with Crippen LogP contribution in [0.25, 0.3) is 0 Å². The third kappa shape index (κ3) is 16.6. The molecule has 0 aliphatic heterocycles. The van der Waals surface area contributed by atoms with Crippen LogP contribution in [-0.2, 0) is 30.4 Å². The van der Waals surface area contributed by atoms with E-state index >= 15 is 0 Å². The zero-order valence-electron chi connectivity index (χ0n) is 30.1. The summed E-state index contributed by atoms with van der Waals surface area (Å²) in [7, 11) is -8.01. The van der Waals surface area contributed by atoms with Crippen LogP contribution in [0.2, 0.25) is 18.1 Å². The zero-order chi connectivity index (χ0) is 32.6. The Morgan fingerprint density at radius 3 is 0.860 bits per heavy atom. The minimum atomic E-state index is -3.40. The highest BCUT2D eigenvalue weighted by Crippen LogP contribution is 2.33. The van der Waals surface area contributed by atoms with Crippen LogP contribution >= 0.6 is 0 Å². The molecule has 0 heterocycles. The van der Waals surface area contributed by atoms with Crippen molar-refractivity contribution in [1.82, 2.24) is 14.7 Å². The van der Waals surface area contributed by atoms with Gasteiger partial charge < -0.3 is 45.1 Å².